The van der Waals surface area contributed by atoms with Crippen molar-refractivity contribution in [1.82, 2.24) is 0 Å². The molecule has 2 aliphatic rings. The van der Waals surface area contributed by atoms with Crippen molar-refractivity contribution >= 4 is 153 Å². The third-order valence-electron chi connectivity index (χ3n) is 24.2. The summed E-state index contributed by atoms with van der Waals surface area (Å²) in [5, 5.41) is 17.6. The molecule has 148 heavy (non-hydrogen) atoms. The van der Waals surface area contributed by atoms with E-state index in [2.05, 4.69) is 219 Å². The number of methoxy groups -OCH3 is 4. The van der Waals surface area contributed by atoms with Crippen LogP contribution in [0.2, 0.25) is 54.2 Å². The molecule has 0 amide bonds. The van der Waals surface area contributed by atoms with Gasteiger partial charge in [-0.25, -0.2) is 0 Å². The van der Waals surface area contributed by atoms with Gasteiger partial charge >= 0.3 is 29.6 Å². The van der Waals surface area contributed by atoms with Crippen molar-refractivity contribution in [2.75, 3.05) is 211 Å². The normalized spacial score (nSPS) is 13.2. The van der Waals surface area contributed by atoms with E-state index in [1.165, 1.54) is 71.3 Å². The van der Waals surface area contributed by atoms with Gasteiger partial charge in [-0.3, -0.25) is 4.79 Å². The van der Waals surface area contributed by atoms with Gasteiger partial charge in [0.1, 0.15) is 40.9 Å². The summed E-state index contributed by atoms with van der Waals surface area (Å²) in [6.45, 7) is 48.4. The first-order valence-electron chi connectivity index (χ1n) is 50.0. The Morgan fingerprint density at radius 1 is 0.405 bits per heavy atom. The molecule has 2 fully saturated rings. The molecule has 0 unspecified atom stereocenters. The predicted octanol–water partition coefficient (Wildman–Crippen LogP) is 24.5. The zero-order valence-electron chi connectivity index (χ0n) is 91.3. The van der Waals surface area contributed by atoms with Crippen molar-refractivity contribution in [3.8, 4) is 23.0 Å². The first-order chi connectivity index (χ1) is 70.4. The topological polar surface area (TPSA) is 233 Å². The van der Waals surface area contributed by atoms with Crippen LogP contribution in [0.3, 0.4) is 0 Å². The summed E-state index contributed by atoms with van der Waals surface area (Å²) in [7, 11) is 3.69. The number of halogens is 5. The van der Waals surface area contributed by atoms with E-state index in [4.69, 9.17) is 111 Å². The number of aldehydes is 1. The Hall–Kier alpha value is -4.15. The zero-order valence-corrected chi connectivity index (χ0v) is 104. The molecule has 2 saturated heterocycles. The fourth-order valence-corrected chi connectivity index (χ4v) is 19.6. The summed E-state index contributed by atoms with van der Waals surface area (Å²) in [5.41, 5.74) is 4.29. The third kappa shape index (κ3) is 57.2. The molecular formula is C113H165B2Br3ClINaO22S3Si2. The van der Waals surface area contributed by atoms with Gasteiger partial charge in [-0.2, -0.15) is 11.1 Å². The van der Waals surface area contributed by atoms with Crippen molar-refractivity contribution < 1.29 is 136 Å². The molecule has 2 N–H and O–H groups in total. The number of aliphatic hydroxyl groups is 2. The zero-order chi connectivity index (χ0) is 107. The van der Waals surface area contributed by atoms with Crippen LogP contribution in [-0.2, 0) is 95.2 Å². The minimum atomic E-state index is -1.59. The molecule has 2 aliphatic heterocycles. The number of thiophene rings is 3. The van der Waals surface area contributed by atoms with Crippen molar-refractivity contribution in [2.45, 2.75) is 165 Å². The largest absolute Gasteiger partial charge is 1.00 e. The van der Waals surface area contributed by atoms with Crippen LogP contribution in [0.25, 0.3) is 0 Å². The van der Waals surface area contributed by atoms with Gasteiger partial charge in [-0.15, -0.1) is 53.7 Å². The molecule has 5 heterocycles. The molecule has 2 bridgehead atoms. The number of hydrogen-bond acceptors (Lipinski definition) is 25. The van der Waals surface area contributed by atoms with Crippen LogP contribution in [0, 0.1) is 0 Å². The monoisotopic (exact) mass is 2470 g/mol. The van der Waals surface area contributed by atoms with E-state index in [9.17, 15) is 4.79 Å². The fourth-order valence-electron chi connectivity index (χ4n) is 14.6. The Morgan fingerprint density at radius 2 is 0.689 bits per heavy atom. The second-order valence-electron chi connectivity index (χ2n) is 36.5. The van der Waals surface area contributed by atoms with Crippen LogP contribution in [0.5, 0.6) is 23.0 Å². The van der Waals surface area contributed by atoms with Crippen molar-refractivity contribution in [1.29, 1.82) is 0 Å². The number of benzene rings is 6. The maximum absolute atomic E-state index is 10.0. The quantitative estimate of drug-likeness (QED) is 0.00527. The van der Waals surface area contributed by atoms with Crippen LogP contribution in [0.1, 0.15) is 141 Å². The van der Waals surface area contributed by atoms with E-state index in [0.717, 1.165) is 116 Å². The first-order valence-corrected chi connectivity index (χ1v) is 63.2. The molecule has 0 aliphatic carbocycles. The van der Waals surface area contributed by atoms with Crippen LogP contribution in [-0.4, -0.2) is 259 Å². The molecular weight excluding hydrogens is 2310 g/mol. The summed E-state index contributed by atoms with van der Waals surface area (Å²) in [6.07, 6.45) is 17.4. The number of fused-ring (bicyclic) bond motifs is 2. The van der Waals surface area contributed by atoms with E-state index >= 15 is 0 Å². The van der Waals surface area contributed by atoms with E-state index in [1.807, 2.05) is 133 Å². The molecule has 6 aromatic carbocycles. The minimum absolute atomic E-state index is 0. The van der Waals surface area contributed by atoms with E-state index in [0.29, 0.717) is 175 Å². The molecule has 3 radical (unpaired) electrons. The Balaban J connectivity index is 0.000000966. The summed E-state index contributed by atoms with van der Waals surface area (Å²) in [4.78, 5) is 13.1. The average Bonchev–Trinajstić information content (AvgIpc) is 1.66. The molecule has 3 aromatic heterocycles. The van der Waals surface area contributed by atoms with Gasteiger partial charge in [0.15, 0.2) is 22.0 Å². The number of aliphatic hydroxyl groups excluding tert-OH is 2. The van der Waals surface area contributed by atoms with Gasteiger partial charge in [-0.05, 0) is 196 Å². The molecule has 0 atom stereocenters. The number of ether oxygens (including phenoxy) is 18. The molecule has 0 spiro atoms. The summed E-state index contributed by atoms with van der Waals surface area (Å²) in [6, 6.07) is 64.2. The predicted molar refractivity (Wildman–Crippen MR) is 633 cm³/mol. The van der Waals surface area contributed by atoms with Gasteiger partial charge in [-0.1, -0.05) is 261 Å². The Bertz CT molecular complexity index is 4640. The molecule has 817 valence electrons. The van der Waals surface area contributed by atoms with Crippen molar-refractivity contribution in [3.05, 3.63) is 291 Å². The third-order valence-corrected chi connectivity index (χ3v) is 39.4. The standard InChI is InChI=1S/C40H55BO7.C32H40O7.C11H19BrOSSi.C11H22O5.C6H15ClSi.C5H5BrOS.C5H3BrOS.C3H5I.B.Na.H/c1-42-38-19-15-34(16-20-38)40(33-9-4-3-5-10-33,35-17-21-39(43-2)22-18-35)48-32-31-47-30-29-46-28-27-45-26-25-44-24-8-23-41-36-11-6-12-37(41)14-7-13-36;1-4-18-35-19-20-36-21-22-37-23-24-38-25-26-39-32(27-8-6-5-7-9-27,28-10-14-30(33-2)15-11-28)29-12-16-31(34-3)17-13-29;1-11(2,3)15(4,5)13-8-9-6-7-10(12)14-9;1-2-4-13-6-8-15-10-11-16-9-7-14-5-3-12;1-6(2,3)8(4,5)7;2*6-5-2-1-4(3-7)8-5;1-2-3-4;;;/h3-5,9-10,15-22,36-37H,6-8,11-14,23-32H2,1-2H3;4-17H,1,18-26H2,2-3H3;6-7H,8H2,1-5H3;2,12H,1,3-11H2;1-5H3;1-2,7H,3H2;1-3H;2H,1,3H2;;;/q;;;;;;;;;+1;-1. The van der Waals surface area contributed by atoms with Crippen molar-refractivity contribution in [2.24, 2.45) is 0 Å². The molecule has 9 aromatic rings. The summed E-state index contributed by atoms with van der Waals surface area (Å²) < 4.78 is 112. The number of carbonyl (C=O) groups excluding carboxylic acids is 1. The Labute approximate surface area is 969 Å². The van der Waals surface area contributed by atoms with E-state index in [-0.39, 0.29) is 52.6 Å². The number of carbonyl (C=O) groups is 1. The first kappa shape index (κ1) is 140. The maximum Gasteiger partial charge on any atom is 1.00 e. The number of rotatable bonds is 61. The van der Waals surface area contributed by atoms with Gasteiger partial charge in [0.2, 0.25) is 0 Å². The number of hydrogen-bond donors (Lipinski definition) is 2. The Kier molecular flexibility index (Phi) is 79.5. The van der Waals surface area contributed by atoms with Gasteiger partial charge in [0.05, 0.1) is 230 Å². The smallest absolute Gasteiger partial charge is 1.00 e. The molecule has 0 saturated carbocycles. The van der Waals surface area contributed by atoms with Gasteiger partial charge < -0.3 is 101 Å². The van der Waals surface area contributed by atoms with Gasteiger partial charge in [0.25, 0.3) is 0 Å². The summed E-state index contributed by atoms with van der Waals surface area (Å²) in [5.74, 6) is 5.14. The number of alkyl halides is 1. The van der Waals surface area contributed by atoms with Crippen LogP contribution >= 0.6 is 115 Å². The minimum Gasteiger partial charge on any atom is -1.00 e. The van der Waals surface area contributed by atoms with E-state index in [1.54, 1.807) is 69.3 Å². The summed E-state index contributed by atoms with van der Waals surface area (Å²) >= 11 is 23.1. The Morgan fingerprint density at radius 3 is 0.932 bits per heavy atom. The van der Waals surface area contributed by atoms with Crippen molar-refractivity contribution in [3.63, 3.8) is 0 Å². The SMILES string of the molecule is C=CCI.C=CCOCCOCCOCCOCCO.C=CCOCCOCCOCCOCCOC(c1ccccc1)(c1ccc(OC)cc1)c1ccc(OC)cc1.CC(C)(C)[Si](C)(C)Cl.CC(C)(C)[Si](C)(C)OCc1ccc(Br)s1.COc1ccc(C(OCCOCCOCCOCCOCCCB2C3CCCC2CCC3)(c2ccccc2)c2ccc(OC)cc2)cc1.O=Cc1ccc(Br)s1.OCc1ccc(Br)s1.[B].[H-].[Na+]. The second-order valence-corrected chi connectivity index (χ2v) is 57.1. The van der Waals surface area contributed by atoms with Crippen LogP contribution < -0.4 is 48.5 Å². The molecule has 35 heteroatoms. The van der Waals surface area contributed by atoms with Crippen LogP contribution in [0.4, 0.5) is 0 Å². The molecule has 22 nitrogen and oxygen atoms in total. The average molecular weight is 2470 g/mol. The molecule has 11 rings (SSSR count). The second kappa shape index (κ2) is 84.1. The maximum atomic E-state index is 10.0. The van der Waals surface area contributed by atoms with Gasteiger partial charge in [0, 0.05) is 29.2 Å². The fraction of sp³-hybridized carbons (Fsp3) is 0.513. The number of allylic oxidation sites excluding steroid dienone is 1. The van der Waals surface area contributed by atoms with Crippen LogP contribution in [0.15, 0.2) is 243 Å². The van der Waals surface area contributed by atoms with E-state index < -0.39 is 26.9 Å².